The zero-order valence-corrected chi connectivity index (χ0v) is 7.35. The predicted molar refractivity (Wildman–Crippen MR) is 46.2 cm³/mol. The molecule has 0 aromatic carbocycles. The van der Waals surface area contributed by atoms with Crippen LogP contribution in [0.2, 0.25) is 0 Å². The first-order chi connectivity index (χ1) is 5.20. The van der Waals surface area contributed by atoms with Gasteiger partial charge in [-0.15, -0.1) is 16.5 Å². The third-order valence-electron chi connectivity index (χ3n) is 1.03. The molecule has 0 saturated heterocycles. The maximum atomic E-state index is 4.00. The summed E-state index contributed by atoms with van der Waals surface area (Å²) in [5.74, 6) is 0.693. The molecule has 0 unspecified atom stereocenters. The summed E-state index contributed by atoms with van der Waals surface area (Å²) in [5, 5.41) is 7.69. The highest BCUT2D eigenvalue weighted by atomic mass is 32.1. The molecule has 4 heteroatoms. The number of nitrogens with zero attached hydrogens (tertiary/aromatic N) is 3. The Morgan fingerprint density at radius 2 is 2.45 bits per heavy atom. The van der Waals surface area contributed by atoms with Crippen molar-refractivity contribution in [2.45, 2.75) is 13.8 Å². The monoisotopic (exact) mass is 167 g/mol. The molecular weight excluding hydrogens is 158 g/mol. The summed E-state index contributed by atoms with van der Waals surface area (Å²) in [4.78, 5) is 5.08. The van der Waals surface area contributed by atoms with Crippen LogP contribution in [0.5, 0.6) is 0 Å². The van der Waals surface area contributed by atoms with Crippen molar-refractivity contribution >= 4 is 17.2 Å². The summed E-state index contributed by atoms with van der Waals surface area (Å²) in [5.41, 5.74) is 2.44. The molecule has 1 rings (SSSR count). The Bertz CT molecular complexity index is 288. The minimum Gasteiger partial charge on any atom is -0.224 e. The van der Waals surface area contributed by atoms with Gasteiger partial charge in [-0.1, -0.05) is 6.58 Å². The molecule has 11 heavy (non-hydrogen) atoms. The third kappa shape index (κ3) is 2.23. The molecule has 0 spiro atoms. The zero-order chi connectivity index (χ0) is 8.27. The minimum absolute atomic E-state index is 0.692. The normalized spacial score (nSPS) is 10.7. The van der Waals surface area contributed by atoms with Crippen molar-refractivity contribution in [2.24, 2.45) is 10.2 Å². The predicted octanol–water partition coefficient (Wildman–Crippen LogP) is 3.07. The fourth-order valence-corrected chi connectivity index (χ4v) is 1.04. The molecule has 3 nitrogen and oxygen atoms in total. The van der Waals surface area contributed by atoms with Crippen molar-refractivity contribution in [3.63, 3.8) is 0 Å². The Morgan fingerprint density at radius 3 is 2.91 bits per heavy atom. The number of azo groups is 1. The number of hydrogen-bond acceptors (Lipinski definition) is 4. The van der Waals surface area contributed by atoms with Crippen LogP contribution < -0.4 is 0 Å². The van der Waals surface area contributed by atoms with Gasteiger partial charge in [0.1, 0.15) is 0 Å². The van der Waals surface area contributed by atoms with Gasteiger partial charge in [-0.3, -0.25) is 0 Å². The number of allylic oxidation sites excluding steroid dienone is 1. The van der Waals surface area contributed by atoms with Crippen LogP contribution in [0.25, 0.3) is 0 Å². The fourth-order valence-electron chi connectivity index (χ4n) is 0.528. The first-order valence-corrected chi connectivity index (χ1v) is 4.05. The molecular formula is C7H9N3S. The molecule has 0 fully saturated rings. The van der Waals surface area contributed by atoms with E-state index in [1.807, 2.05) is 6.92 Å². The molecule has 1 heterocycles. The Hall–Kier alpha value is -1.03. The van der Waals surface area contributed by atoms with Crippen molar-refractivity contribution in [3.8, 4) is 0 Å². The quantitative estimate of drug-likeness (QED) is 0.624. The summed E-state index contributed by atoms with van der Waals surface area (Å²) in [6, 6.07) is 0. The molecule has 0 saturated carbocycles. The van der Waals surface area contributed by atoms with Gasteiger partial charge in [0.15, 0.2) is 5.82 Å². The molecule has 0 radical (unpaired) electrons. The summed E-state index contributed by atoms with van der Waals surface area (Å²) < 4.78 is 0. The van der Waals surface area contributed by atoms with Crippen molar-refractivity contribution in [1.82, 2.24) is 4.98 Å². The van der Waals surface area contributed by atoms with Gasteiger partial charge in [0, 0.05) is 4.88 Å². The Morgan fingerprint density at radius 1 is 1.73 bits per heavy atom. The van der Waals surface area contributed by atoms with E-state index in [0.29, 0.717) is 11.5 Å². The maximum Gasteiger partial charge on any atom is 0.188 e. The average molecular weight is 167 g/mol. The van der Waals surface area contributed by atoms with E-state index in [-0.39, 0.29) is 0 Å². The molecule has 1 aromatic heterocycles. The molecule has 0 aliphatic heterocycles. The SMILES string of the molecule is C=C(C)/N=N\c1ncsc1C. The van der Waals surface area contributed by atoms with Gasteiger partial charge in [0.2, 0.25) is 0 Å². The van der Waals surface area contributed by atoms with Crippen molar-refractivity contribution in [1.29, 1.82) is 0 Å². The van der Waals surface area contributed by atoms with Crippen molar-refractivity contribution in [2.75, 3.05) is 0 Å². The van der Waals surface area contributed by atoms with E-state index in [2.05, 4.69) is 21.8 Å². The van der Waals surface area contributed by atoms with Gasteiger partial charge in [0.05, 0.1) is 11.2 Å². The van der Waals surface area contributed by atoms with Gasteiger partial charge < -0.3 is 0 Å². The lowest BCUT2D eigenvalue weighted by molar-refractivity contribution is 1.10. The molecule has 0 amide bonds. The van der Waals surface area contributed by atoms with Crippen molar-refractivity contribution < 1.29 is 0 Å². The smallest absolute Gasteiger partial charge is 0.188 e. The zero-order valence-electron chi connectivity index (χ0n) is 6.53. The van der Waals surface area contributed by atoms with Crippen LogP contribution in [-0.4, -0.2) is 4.98 Å². The standard InChI is InChI=1S/C7H9N3S/c1-5(2)9-10-7-6(3)11-4-8-7/h4H,1H2,2-3H3/b10-9-. The summed E-state index contributed by atoms with van der Waals surface area (Å²) >= 11 is 1.56. The van der Waals surface area contributed by atoms with Crippen molar-refractivity contribution in [3.05, 3.63) is 22.7 Å². The van der Waals surface area contributed by atoms with Gasteiger partial charge in [-0.2, -0.15) is 5.11 Å². The highest BCUT2D eigenvalue weighted by Crippen LogP contribution is 2.20. The number of aromatic nitrogens is 1. The third-order valence-corrected chi connectivity index (χ3v) is 1.78. The van der Waals surface area contributed by atoms with E-state index in [4.69, 9.17) is 0 Å². The molecule has 0 atom stereocenters. The molecule has 0 bridgehead atoms. The molecule has 0 N–H and O–H groups in total. The number of hydrogen-bond donors (Lipinski definition) is 0. The van der Waals surface area contributed by atoms with E-state index >= 15 is 0 Å². The van der Waals surface area contributed by atoms with E-state index in [9.17, 15) is 0 Å². The maximum absolute atomic E-state index is 4.00. The van der Waals surface area contributed by atoms with Crippen LogP contribution in [0.3, 0.4) is 0 Å². The molecule has 58 valence electrons. The van der Waals surface area contributed by atoms with Gasteiger partial charge in [-0.25, -0.2) is 4.98 Å². The summed E-state index contributed by atoms with van der Waals surface area (Å²) in [7, 11) is 0. The molecule has 1 aromatic rings. The summed E-state index contributed by atoms with van der Waals surface area (Å²) in [6.45, 7) is 7.36. The topological polar surface area (TPSA) is 37.6 Å². The van der Waals surface area contributed by atoms with E-state index in [0.717, 1.165) is 4.88 Å². The van der Waals surface area contributed by atoms with Crippen LogP contribution in [0, 0.1) is 6.92 Å². The van der Waals surface area contributed by atoms with E-state index in [1.165, 1.54) is 0 Å². The second kappa shape index (κ2) is 3.39. The highest BCUT2D eigenvalue weighted by molar-refractivity contribution is 7.10. The second-order valence-electron chi connectivity index (χ2n) is 2.17. The largest absolute Gasteiger partial charge is 0.224 e. The first-order valence-electron chi connectivity index (χ1n) is 3.17. The second-order valence-corrected chi connectivity index (χ2v) is 3.23. The Kier molecular flexibility index (Phi) is 2.48. The molecule has 0 aliphatic rings. The van der Waals surface area contributed by atoms with Gasteiger partial charge in [0.25, 0.3) is 0 Å². The summed E-state index contributed by atoms with van der Waals surface area (Å²) in [6.07, 6.45) is 0. The van der Waals surface area contributed by atoms with Crippen LogP contribution in [0.1, 0.15) is 11.8 Å². The van der Waals surface area contributed by atoms with Gasteiger partial charge in [-0.05, 0) is 13.8 Å². The van der Waals surface area contributed by atoms with Crippen LogP contribution >= 0.6 is 11.3 Å². The lowest BCUT2D eigenvalue weighted by atomic mass is 10.6. The molecule has 0 aliphatic carbocycles. The lowest BCUT2D eigenvalue weighted by Crippen LogP contribution is -1.65. The minimum atomic E-state index is 0.692. The number of thiazole rings is 1. The van der Waals surface area contributed by atoms with Crippen LogP contribution in [-0.2, 0) is 0 Å². The number of aryl methyl sites for hydroxylation is 1. The van der Waals surface area contributed by atoms with Gasteiger partial charge >= 0.3 is 0 Å². The highest BCUT2D eigenvalue weighted by Gasteiger charge is 1.96. The lowest BCUT2D eigenvalue weighted by Gasteiger charge is -1.85. The number of rotatable bonds is 2. The Labute approximate surface area is 69.5 Å². The van der Waals surface area contributed by atoms with Crippen LogP contribution in [0.15, 0.2) is 28.0 Å². The average Bonchev–Trinajstić information content (AvgIpc) is 2.31. The van der Waals surface area contributed by atoms with E-state index in [1.54, 1.807) is 23.8 Å². The van der Waals surface area contributed by atoms with Crippen LogP contribution in [0.4, 0.5) is 5.82 Å². The first kappa shape index (κ1) is 8.07. The van der Waals surface area contributed by atoms with E-state index < -0.39 is 0 Å². The Balaban J connectivity index is 2.79. The fraction of sp³-hybridized carbons (Fsp3) is 0.286.